The highest BCUT2D eigenvalue weighted by Crippen LogP contribution is 2.29. The normalized spacial score (nSPS) is 19.2. The lowest BCUT2D eigenvalue weighted by atomic mass is 10.1. The summed E-state index contributed by atoms with van der Waals surface area (Å²) in [7, 11) is 0. The maximum atomic E-state index is 12.5. The number of hydrogen-bond acceptors (Lipinski definition) is 2. The van der Waals surface area contributed by atoms with E-state index in [0.29, 0.717) is 25.2 Å². The molecular formula is C11H12F3N3O. The molecule has 0 fully saturated rings. The monoisotopic (exact) mass is 259 g/mol. The number of hydrogen-bond donors (Lipinski definition) is 1. The number of alkyl halides is 3. The highest BCUT2D eigenvalue weighted by molar-refractivity contribution is 5.87. The maximum Gasteiger partial charge on any atom is 0.434 e. The molecule has 2 heterocycles. The Bertz CT molecular complexity index is 478. The predicted octanol–water partition coefficient (Wildman–Crippen LogP) is 1.52. The first kappa shape index (κ1) is 12.7. The molecule has 0 aliphatic carbocycles. The van der Waals surface area contributed by atoms with E-state index >= 15 is 0 Å². The van der Waals surface area contributed by atoms with Gasteiger partial charge in [-0.25, -0.2) is 4.98 Å². The number of aromatic nitrogens is 2. The summed E-state index contributed by atoms with van der Waals surface area (Å²) < 4.78 is 38.9. The van der Waals surface area contributed by atoms with Crippen molar-refractivity contribution in [3.8, 4) is 0 Å². The molecule has 1 aliphatic heterocycles. The van der Waals surface area contributed by atoms with Crippen LogP contribution in [0, 0.1) is 0 Å². The van der Waals surface area contributed by atoms with Crippen LogP contribution in [0.2, 0.25) is 0 Å². The highest BCUT2D eigenvalue weighted by Gasteiger charge is 2.35. The first-order valence-electron chi connectivity index (χ1n) is 5.46. The molecule has 1 aromatic heterocycles. The average molecular weight is 259 g/mol. The molecule has 7 heteroatoms. The van der Waals surface area contributed by atoms with Gasteiger partial charge in [-0.1, -0.05) is 6.58 Å². The van der Waals surface area contributed by atoms with Crippen molar-refractivity contribution in [1.29, 1.82) is 0 Å². The van der Waals surface area contributed by atoms with Crippen LogP contribution in [0.1, 0.15) is 17.9 Å². The molecule has 1 atom stereocenters. The lowest BCUT2D eigenvalue weighted by molar-refractivity contribution is -0.141. The van der Waals surface area contributed by atoms with E-state index in [1.807, 2.05) is 0 Å². The van der Waals surface area contributed by atoms with Gasteiger partial charge in [0.1, 0.15) is 5.82 Å². The van der Waals surface area contributed by atoms with Gasteiger partial charge in [0.25, 0.3) is 0 Å². The Morgan fingerprint density at radius 3 is 2.94 bits per heavy atom. The zero-order valence-corrected chi connectivity index (χ0v) is 9.50. The van der Waals surface area contributed by atoms with Gasteiger partial charge in [0.2, 0.25) is 5.91 Å². The Morgan fingerprint density at radius 1 is 1.61 bits per heavy atom. The third kappa shape index (κ3) is 2.55. The minimum atomic E-state index is -4.43. The van der Waals surface area contributed by atoms with Crippen molar-refractivity contribution < 1.29 is 18.0 Å². The van der Waals surface area contributed by atoms with Crippen LogP contribution in [-0.4, -0.2) is 21.5 Å². The van der Waals surface area contributed by atoms with Crippen molar-refractivity contribution in [3.05, 3.63) is 30.4 Å². The number of nitrogens with zero attached hydrogens (tertiary/aromatic N) is 2. The molecule has 1 N–H and O–H groups in total. The van der Waals surface area contributed by atoms with Crippen LogP contribution in [0.4, 0.5) is 13.2 Å². The van der Waals surface area contributed by atoms with Crippen LogP contribution in [0.5, 0.6) is 0 Å². The van der Waals surface area contributed by atoms with Gasteiger partial charge >= 0.3 is 6.18 Å². The Morgan fingerprint density at radius 2 is 2.33 bits per heavy atom. The fraction of sp³-hybridized carbons (Fsp3) is 0.455. The molecule has 1 aliphatic rings. The molecule has 0 spiro atoms. The van der Waals surface area contributed by atoms with Crippen molar-refractivity contribution in [3.63, 3.8) is 0 Å². The number of aryl methyl sites for hydroxylation is 1. The molecule has 0 saturated carbocycles. The van der Waals surface area contributed by atoms with Gasteiger partial charge in [-0.3, -0.25) is 4.79 Å². The summed E-state index contributed by atoms with van der Waals surface area (Å²) in [6.45, 7) is 3.63. The van der Waals surface area contributed by atoms with Crippen LogP contribution >= 0.6 is 0 Å². The van der Waals surface area contributed by atoms with Gasteiger partial charge in [0.15, 0.2) is 5.69 Å². The second kappa shape index (κ2) is 4.47. The number of fused-ring (bicyclic) bond motifs is 1. The van der Waals surface area contributed by atoms with E-state index < -0.39 is 11.9 Å². The lowest BCUT2D eigenvalue weighted by Gasteiger charge is -2.24. The van der Waals surface area contributed by atoms with Crippen LogP contribution in [0.3, 0.4) is 0 Å². The SMILES string of the molecule is C=CC(=O)NC1CCc2nc(C(F)(F)F)cn2C1. The molecule has 1 unspecified atom stereocenters. The van der Waals surface area contributed by atoms with Gasteiger partial charge in [0, 0.05) is 25.2 Å². The number of carbonyl (C=O) groups is 1. The number of nitrogens with one attached hydrogen (secondary N) is 1. The third-order valence-corrected chi connectivity index (χ3v) is 2.81. The summed E-state index contributed by atoms with van der Waals surface area (Å²) in [5.74, 6) is 0.0889. The Labute approximate surface area is 102 Å². The minimum absolute atomic E-state index is 0.182. The fourth-order valence-electron chi connectivity index (χ4n) is 1.96. The molecule has 1 aromatic rings. The molecule has 18 heavy (non-hydrogen) atoms. The standard InChI is InChI=1S/C11H12F3N3O/c1-2-10(18)15-7-3-4-9-16-8(11(12,13)14)6-17(9)5-7/h2,6-7H,1,3-5H2,(H,15,18). The van der Waals surface area contributed by atoms with Crippen molar-refractivity contribution >= 4 is 5.91 Å². The quantitative estimate of drug-likeness (QED) is 0.818. The fourth-order valence-corrected chi connectivity index (χ4v) is 1.96. The van der Waals surface area contributed by atoms with Gasteiger partial charge in [-0.2, -0.15) is 13.2 Å². The Balaban J connectivity index is 2.12. The third-order valence-electron chi connectivity index (χ3n) is 2.81. The molecular weight excluding hydrogens is 247 g/mol. The largest absolute Gasteiger partial charge is 0.434 e. The second-order valence-corrected chi connectivity index (χ2v) is 4.14. The molecule has 1 amide bonds. The molecule has 0 radical (unpaired) electrons. The van der Waals surface area contributed by atoms with E-state index in [1.54, 1.807) is 0 Å². The van der Waals surface area contributed by atoms with Crippen molar-refractivity contribution in [2.75, 3.05) is 0 Å². The van der Waals surface area contributed by atoms with Gasteiger partial charge in [0.05, 0.1) is 0 Å². The lowest BCUT2D eigenvalue weighted by Crippen LogP contribution is -2.40. The summed E-state index contributed by atoms with van der Waals surface area (Å²) in [5, 5.41) is 2.67. The van der Waals surface area contributed by atoms with Gasteiger partial charge in [-0.05, 0) is 12.5 Å². The summed E-state index contributed by atoms with van der Waals surface area (Å²) in [6.07, 6.45) is -1.30. The van der Waals surface area contributed by atoms with Crippen LogP contribution in [0.15, 0.2) is 18.9 Å². The maximum absolute atomic E-state index is 12.5. The number of carbonyl (C=O) groups excluding carboxylic acids is 1. The van der Waals surface area contributed by atoms with Gasteiger partial charge < -0.3 is 9.88 Å². The Hall–Kier alpha value is -1.79. The number of imidazole rings is 1. The first-order chi connectivity index (χ1) is 8.40. The summed E-state index contributed by atoms with van der Waals surface area (Å²) >= 11 is 0. The molecule has 4 nitrogen and oxygen atoms in total. The van der Waals surface area contributed by atoms with Crippen LogP contribution < -0.4 is 5.32 Å². The summed E-state index contributed by atoms with van der Waals surface area (Å²) in [5.41, 5.74) is -0.881. The van der Waals surface area contributed by atoms with Crippen LogP contribution in [-0.2, 0) is 23.9 Å². The van der Waals surface area contributed by atoms with Crippen molar-refractivity contribution in [2.24, 2.45) is 0 Å². The predicted molar refractivity (Wildman–Crippen MR) is 57.7 cm³/mol. The van der Waals surface area contributed by atoms with E-state index in [2.05, 4.69) is 16.9 Å². The number of amides is 1. The van der Waals surface area contributed by atoms with E-state index in [4.69, 9.17) is 0 Å². The van der Waals surface area contributed by atoms with E-state index in [0.717, 1.165) is 12.3 Å². The van der Waals surface area contributed by atoms with E-state index in [1.165, 1.54) is 4.57 Å². The minimum Gasteiger partial charge on any atom is -0.348 e. The van der Waals surface area contributed by atoms with Crippen LogP contribution in [0.25, 0.3) is 0 Å². The molecule has 98 valence electrons. The molecule has 0 aromatic carbocycles. The topological polar surface area (TPSA) is 46.9 Å². The van der Waals surface area contributed by atoms with Crippen molar-refractivity contribution in [2.45, 2.75) is 31.6 Å². The molecule has 0 saturated heterocycles. The zero-order chi connectivity index (χ0) is 13.3. The van der Waals surface area contributed by atoms with Crippen molar-refractivity contribution in [1.82, 2.24) is 14.9 Å². The summed E-state index contributed by atoms with van der Waals surface area (Å²) in [4.78, 5) is 14.7. The van der Waals surface area contributed by atoms with Gasteiger partial charge in [-0.15, -0.1) is 0 Å². The first-order valence-corrected chi connectivity index (χ1v) is 5.46. The average Bonchev–Trinajstić information content (AvgIpc) is 2.71. The second-order valence-electron chi connectivity index (χ2n) is 4.14. The Kier molecular flexibility index (Phi) is 3.14. The molecule has 0 bridgehead atoms. The highest BCUT2D eigenvalue weighted by atomic mass is 19.4. The number of rotatable bonds is 2. The smallest absolute Gasteiger partial charge is 0.348 e. The van der Waals surface area contributed by atoms with E-state index in [-0.39, 0.29) is 11.9 Å². The molecule has 2 rings (SSSR count). The number of halogens is 3. The van der Waals surface area contributed by atoms with E-state index in [9.17, 15) is 18.0 Å². The zero-order valence-electron chi connectivity index (χ0n) is 9.50. The summed E-state index contributed by atoms with van der Waals surface area (Å²) in [6, 6.07) is -0.182.